The first kappa shape index (κ1) is 17.0. The minimum Gasteiger partial charge on any atom is -0.481 e. The Hall–Kier alpha value is -2.34. The highest BCUT2D eigenvalue weighted by atomic mass is 35.5. The van der Waals surface area contributed by atoms with Gasteiger partial charge < -0.3 is 4.74 Å². The second-order valence-corrected chi connectivity index (χ2v) is 5.69. The Labute approximate surface area is 140 Å². The standard InChI is InChI=1S/C16H19ClN4O2/c1-9-7-13(17)5-6-14(9)23-12(4)15(22)20-21-16-18-10(2)8-11(3)19-16/h5-8,12H,1-4H3,(H,20,22)(H,18,19,21). The van der Waals surface area contributed by atoms with Gasteiger partial charge in [0.15, 0.2) is 6.10 Å². The molecule has 1 amide bonds. The van der Waals surface area contributed by atoms with Gasteiger partial charge in [-0.3, -0.25) is 15.6 Å². The van der Waals surface area contributed by atoms with Gasteiger partial charge in [0.05, 0.1) is 0 Å². The zero-order valence-corrected chi connectivity index (χ0v) is 14.2. The molecule has 1 heterocycles. The molecule has 0 aliphatic heterocycles. The maximum Gasteiger partial charge on any atom is 0.279 e. The van der Waals surface area contributed by atoms with E-state index in [1.807, 2.05) is 26.8 Å². The predicted octanol–water partition coefficient (Wildman–Crippen LogP) is 2.97. The van der Waals surface area contributed by atoms with E-state index < -0.39 is 6.10 Å². The van der Waals surface area contributed by atoms with Crippen LogP contribution in [0.4, 0.5) is 5.95 Å². The van der Waals surface area contributed by atoms with Crippen LogP contribution >= 0.6 is 11.6 Å². The number of carbonyl (C=O) groups excluding carboxylic acids is 1. The van der Waals surface area contributed by atoms with E-state index in [2.05, 4.69) is 20.8 Å². The van der Waals surface area contributed by atoms with Gasteiger partial charge in [0.25, 0.3) is 5.91 Å². The lowest BCUT2D eigenvalue weighted by Crippen LogP contribution is -2.40. The number of hydrazine groups is 1. The van der Waals surface area contributed by atoms with Crippen molar-refractivity contribution in [3.8, 4) is 5.75 Å². The van der Waals surface area contributed by atoms with Gasteiger partial charge in [0, 0.05) is 16.4 Å². The topological polar surface area (TPSA) is 76.1 Å². The van der Waals surface area contributed by atoms with Gasteiger partial charge in [-0.1, -0.05) is 11.6 Å². The molecule has 1 unspecified atom stereocenters. The molecule has 0 aliphatic carbocycles. The molecule has 6 nitrogen and oxygen atoms in total. The SMILES string of the molecule is Cc1cc(C)nc(NNC(=O)C(C)Oc2ccc(Cl)cc2C)n1. The Morgan fingerprint density at radius 1 is 1.17 bits per heavy atom. The average molecular weight is 335 g/mol. The molecule has 0 spiro atoms. The summed E-state index contributed by atoms with van der Waals surface area (Å²) in [4.78, 5) is 20.4. The van der Waals surface area contributed by atoms with Crippen molar-refractivity contribution in [2.24, 2.45) is 0 Å². The molecule has 122 valence electrons. The van der Waals surface area contributed by atoms with Gasteiger partial charge >= 0.3 is 0 Å². The van der Waals surface area contributed by atoms with Crippen molar-refractivity contribution in [3.63, 3.8) is 0 Å². The number of hydrogen-bond acceptors (Lipinski definition) is 5. The third-order valence-corrected chi connectivity index (χ3v) is 3.32. The van der Waals surface area contributed by atoms with E-state index in [1.54, 1.807) is 25.1 Å². The van der Waals surface area contributed by atoms with Crippen molar-refractivity contribution in [2.45, 2.75) is 33.8 Å². The molecule has 7 heteroatoms. The number of amides is 1. The first-order chi connectivity index (χ1) is 10.8. The molecule has 0 radical (unpaired) electrons. The fourth-order valence-electron chi connectivity index (χ4n) is 1.99. The minimum atomic E-state index is -0.687. The molecular formula is C16H19ClN4O2. The summed E-state index contributed by atoms with van der Waals surface area (Å²) in [6.07, 6.45) is -0.687. The molecule has 0 bridgehead atoms. The molecule has 1 aromatic heterocycles. The summed E-state index contributed by atoms with van der Waals surface area (Å²) < 4.78 is 5.65. The fourth-order valence-corrected chi connectivity index (χ4v) is 2.22. The molecule has 23 heavy (non-hydrogen) atoms. The first-order valence-corrected chi connectivity index (χ1v) is 7.54. The molecule has 0 saturated heterocycles. The second kappa shape index (κ2) is 7.28. The van der Waals surface area contributed by atoms with Crippen LogP contribution in [0.3, 0.4) is 0 Å². The third kappa shape index (κ3) is 4.82. The second-order valence-electron chi connectivity index (χ2n) is 5.26. The molecule has 2 N–H and O–H groups in total. The first-order valence-electron chi connectivity index (χ1n) is 7.16. The van der Waals surface area contributed by atoms with E-state index in [-0.39, 0.29) is 5.91 Å². The van der Waals surface area contributed by atoms with Crippen molar-refractivity contribution in [3.05, 3.63) is 46.2 Å². The van der Waals surface area contributed by atoms with Crippen LogP contribution in [0.25, 0.3) is 0 Å². The zero-order chi connectivity index (χ0) is 17.0. The summed E-state index contributed by atoms with van der Waals surface area (Å²) in [6, 6.07) is 7.09. The number of rotatable bonds is 5. The smallest absolute Gasteiger partial charge is 0.279 e. The van der Waals surface area contributed by atoms with E-state index in [1.165, 1.54) is 0 Å². The summed E-state index contributed by atoms with van der Waals surface area (Å²) in [5.41, 5.74) is 7.73. The molecule has 0 aliphatic rings. The Balaban J connectivity index is 1.94. The van der Waals surface area contributed by atoms with Crippen molar-refractivity contribution in [1.29, 1.82) is 0 Å². The molecule has 1 atom stereocenters. The number of ether oxygens (including phenoxy) is 1. The van der Waals surface area contributed by atoms with Crippen molar-refractivity contribution in [1.82, 2.24) is 15.4 Å². The van der Waals surface area contributed by atoms with Crippen LogP contribution in [0, 0.1) is 20.8 Å². The molecule has 2 aromatic rings. The maximum atomic E-state index is 12.1. The summed E-state index contributed by atoms with van der Waals surface area (Å²) >= 11 is 5.90. The summed E-state index contributed by atoms with van der Waals surface area (Å²) in [7, 11) is 0. The number of halogens is 1. The lowest BCUT2D eigenvalue weighted by atomic mass is 10.2. The van der Waals surface area contributed by atoms with Gasteiger partial charge in [0.2, 0.25) is 5.95 Å². The third-order valence-electron chi connectivity index (χ3n) is 3.09. The number of nitrogens with zero attached hydrogens (tertiary/aromatic N) is 2. The normalized spacial score (nSPS) is 11.7. The van der Waals surface area contributed by atoms with E-state index in [9.17, 15) is 4.79 Å². The van der Waals surface area contributed by atoms with Crippen molar-refractivity contribution in [2.75, 3.05) is 5.43 Å². The van der Waals surface area contributed by atoms with E-state index in [4.69, 9.17) is 16.3 Å². The fraction of sp³-hybridized carbons (Fsp3) is 0.312. The minimum absolute atomic E-state index is 0.331. The lowest BCUT2D eigenvalue weighted by Gasteiger charge is -2.16. The Morgan fingerprint density at radius 2 is 1.83 bits per heavy atom. The predicted molar refractivity (Wildman–Crippen MR) is 89.6 cm³/mol. The molecule has 0 saturated carbocycles. The molecule has 0 fully saturated rings. The lowest BCUT2D eigenvalue weighted by molar-refractivity contribution is -0.126. The number of aromatic nitrogens is 2. The molecular weight excluding hydrogens is 316 g/mol. The number of aryl methyl sites for hydroxylation is 3. The van der Waals surface area contributed by atoms with Crippen LogP contribution < -0.4 is 15.6 Å². The summed E-state index contributed by atoms with van der Waals surface area (Å²) in [5, 5.41) is 0.626. The monoisotopic (exact) mass is 334 g/mol. The Bertz CT molecular complexity index is 701. The maximum absolute atomic E-state index is 12.1. The number of carbonyl (C=O) groups is 1. The van der Waals surface area contributed by atoms with Crippen LogP contribution in [0.1, 0.15) is 23.9 Å². The van der Waals surface area contributed by atoms with Crippen molar-refractivity contribution >= 4 is 23.5 Å². The summed E-state index contributed by atoms with van der Waals surface area (Å²) in [5.74, 6) is 0.618. The van der Waals surface area contributed by atoms with Gasteiger partial charge in [0.1, 0.15) is 5.75 Å². The van der Waals surface area contributed by atoms with Crippen LogP contribution in [0.5, 0.6) is 5.75 Å². The highest BCUT2D eigenvalue weighted by Crippen LogP contribution is 2.22. The van der Waals surface area contributed by atoms with E-state index in [0.29, 0.717) is 16.7 Å². The van der Waals surface area contributed by atoms with Crippen LogP contribution in [-0.4, -0.2) is 22.0 Å². The largest absolute Gasteiger partial charge is 0.481 e. The molecule has 1 aromatic carbocycles. The quantitative estimate of drug-likeness (QED) is 0.822. The van der Waals surface area contributed by atoms with Gasteiger partial charge in [-0.2, -0.15) is 0 Å². The number of nitrogens with one attached hydrogen (secondary N) is 2. The van der Waals surface area contributed by atoms with Crippen LogP contribution in [0.2, 0.25) is 5.02 Å². The average Bonchev–Trinajstić information content (AvgIpc) is 2.46. The van der Waals surface area contributed by atoms with Gasteiger partial charge in [-0.05, 0) is 57.5 Å². The van der Waals surface area contributed by atoms with Crippen LogP contribution in [-0.2, 0) is 4.79 Å². The molecule has 2 rings (SSSR count). The highest BCUT2D eigenvalue weighted by Gasteiger charge is 2.16. The zero-order valence-electron chi connectivity index (χ0n) is 13.5. The number of benzene rings is 1. The van der Waals surface area contributed by atoms with Crippen LogP contribution in [0.15, 0.2) is 24.3 Å². The van der Waals surface area contributed by atoms with Gasteiger partial charge in [-0.25, -0.2) is 9.97 Å². The van der Waals surface area contributed by atoms with Crippen molar-refractivity contribution < 1.29 is 9.53 Å². The van der Waals surface area contributed by atoms with E-state index in [0.717, 1.165) is 17.0 Å². The summed E-state index contributed by atoms with van der Waals surface area (Å²) in [6.45, 7) is 7.24. The Kier molecular flexibility index (Phi) is 5.39. The number of hydrogen-bond donors (Lipinski definition) is 2. The van der Waals surface area contributed by atoms with Gasteiger partial charge in [-0.15, -0.1) is 0 Å². The highest BCUT2D eigenvalue weighted by molar-refractivity contribution is 6.30. The number of anilines is 1. The van der Waals surface area contributed by atoms with E-state index >= 15 is 0 Å². The Morgan fingerprint density at radius 3 is 2.43 bits per heavy atom.